The zero-order valence-electron chi connectivity index (χ0n) is 16.2. The maximum atomic E-state index is 12.3. The van der Waals surface area contributed by atoms with Gasteiger partial charge in [0, 0.05) is 24.4 Å². The van der Waals surface area contributed by atoms with Crippen LogP contribution in [-0.2, 0) is 10.0 Å². The molecule has 1 aliphatic heterocycles. The lowest BCUT2D eigenvalue weighted by molar-refractivity contribution is 0.580. The Balaban J connectivity index is 0.00000364. The molecular weight excluding hydrogens is 495 g/mol. The van der Waals surface area contributed by atoms with E-state index in [-0.39, 0.29) is 33.6 Å². The second-order valence-corrected chi connectivity index (χ2v) is 10.2. The molecule has 1 aromatic carbocycles. The lowest BCUT2D eigenvalue weighted by Crippen LogP contribution is -2.42. The van der Waals surface area contributed by atoms with E-state index in [1.807, 2.05) is 25.6 Å². The lowest BCUT2D eigenvalue weighted by Gasteiger charge is -2.21. The van der Waals surface area contributed by atoms with Gasteiger partial charge in [-0.25, -0.2) is 13.1 Å². The summed E-state index contributed by atoms with van der Waals surface area (Å²) in [5.74, 6) is 1.94. The number of benzene rings is 1. The van der Waals surface area contributed by atoms with Crippen molar-refractivity contribution in [2.24, 2.45) is 4.99 Å². The van der Waals surface area contributed by atoms with Crippen LogP contribution in [0.2, 0.25) is 0 Å². The molecule has 1 aromatic rings. The van der Waals surface area contributed by atoms with Gasteiger partial charge < -0.3 is 10.6 Å². The molecule has 27 heavy (non-hydrogen) atoms. The number of thioether (sulfide) groups is 1. The van der Waals surface area contributed by atoms with Crippen molar-refractivity contribution in [3.63, 3.8) is 0 Å². The summed E-state index contributed by atoms with van der Waals surface area (Å²) in [7, 11) is -3.48. The average Bonchev–Trinajstić information content (AvgIpc) is 3.04. The molecule has 1 unspecified atom stereocenters. The predicted molar refractivity (Wildman–Crippen MR) is 126 cm³/mol. The molecule has 3 N–H and O–H groups in total. The number of sulfonamides is 1. The number of rotatable bonds is 8. The van der Waals surface area contributed by atoms with Gasteiger partial charge >= 0.3 is 0 Å². The zero-order valence-corrected chi connectivity index (χ0v) is 20.2. The molecule has 9 heteroatoms. The van der Waals surface area contributed by atoms with Crippen molar-refractivity contribution in [3.05, 3.63) is 29.8 Å². The van der Waals surface area contributed by atoms with Gasteiger partial charge in [0.1, 0.15) is 0 Å². The molecule has 0 bridgehead atoms. The van der Waals surface area contributed by atoms with Crippen molar-refractivity contribution in [2.45, 2.75) is 43.3 Å². The van der Waals surface area contributed by atoms with Gasteiger partial charge in [0.15, 0.2) is 5.96 Å². The molecule has 1 heterocycles. The Bertz CT molecular complexity index is 703. The smallest absolute Gasteiger partial charge is 0.240 e. The summed E-state index contributed by atoms with van der Waals surface area (Å²) in [6, 6.07) is 6.84. The van der Waals surface area contributed by atoms with Crippen LogP contribution in [0.5, 0.6) is 0 Å². The van der Waals surface area contributed by atoms with Crippen LogP contribution in [0.4, 0.5) is 0 Å². The van der Waals surface area contributed by atoms with E-state index in [0.717, 1.165) is 24.6 Å². The Hall–Kier alpha value is -0.520. The highest BCUT2D eigenvalue weighted by molar-refractivity contribution is 14.0. The van der Waals surface area contributed by atoms with Crippen molar-refractivity contribution in [1.29, 1.82) is 0 Å². The fraction of sp³-hybridized carbons (Fsp3) is 0.611. The molecule has 1 fully saturated rings. The quantitative estimate of drug-likeness (QED) is 0.210. The first kappa shape index (κ1) is 24.5. The average molecular weight is 527 g/mol. The molecule has 154 valence electrons. The molecular formula is C18H31IN4O2S2. The Morgan fingerprint density at radius 3 is 2.52 bits per heavy atom. The van der Waals surface area contributed by atoms with Crippen LogP contribution >= 0.6 is 35.7 Å². The molecule has 2 rings (SSSR count). The van der Waals surface area contributed by atoms with Gasteiger partial charge in [0.05, 0.1) is 11.4 Å². The van der Waals surface area contributed by atoms with Crippen molar-refractivity contribution >= 4 is 51.7 Å². The molecule has 0 saturated carbocycles. The molecule has 0 amide bonds. The van der Waals surface area contributed by atoms with Crippen LogP contribution < -0.4 is 15.4 Å². The maximum Gasteiger partial charge on any atom is 0.240 e. The monoisotopic (exact) mass is 526 g/mol. The van der Waals surface area contributed by atoms with Crippen molar-refractivity contribution in [3.8, 4) is 0 Å². The maximum absolute atomic E-state index is 12.3. The Morgan fingerprint density at radius 2 is 1.93 bits per heavy atom. The molecule has 0 radical (unpaired) electrons. The van der Waals surface area contributed by atoms with E-state index >= 15 is 0 Å². The normalized spacial score (nSPS) is 20.2. The third-order valence-corrected chi connectivity index (χ3v) is 7.26. The summed E-state index contributed by atoms with van der Waals surface area (Å²) in [5.41, 5.74) is 1.03. The Kier molecular flexibility index (Phi) is 10.4. The van der Waals surface area contributed by atoms with Gasteiger partial charge in [-0.2, -0.15) is 11.8 Å². The van der Waals surface area contributed by atoms with Crippen LogP contribution in [0, 0.1) is 6.92 Å². The van der Waals surface area contributed by atoms with Gasteiger partial charge in [-0.05, 0) is 51.5 Å². The van der Waals surface area contributed by atoms with E-state index in [1.54, 1.807) is 24.3 Å². The lowest BCUT2D eigenvalue weighted by atomic mass is 10.1. The Labute approximate surface area is 184 Å². The van der Waals surface area contributed by atoms with E-state index in [4.69, 9.17) is 0 Å². The summed E-state index contributed by atoms with van der Waals surface area (Å²) >= 11 is 1.98. The first-order valence-corrected chi connectivity index (χ1v) is 11.5. The SMILES string of the molecule is CCNC(=NCC1(C)CCCS1)NCCNS(=O)(=O)c1ccc(C)cc1.I. The Morgan fingerprint density at radius 1 is 1.22 bits per heavy atom. The summed E-state index contributed by atoms with van der Waals surface area (Å²) in [5, 5.41) is 6.41. The molecule has 0 aromatic heterocycles. The minimum Gasteiger partial charge on any atom is -0.357 e. The minimum absolute atomic E-state index is 0. The van der Waals surface area contributed by atoms with E-state index in [2.05, 4.69) is 27.3 Å². The topological polar surface area (TPSA) is 82.6 Å². The van der Waals surface area contributed by atoms with Crippen molar-refractivity contribution in [1.82, 2.24) is 15.4 Å². The van der Waals surface area contributed by atoms with Gasteiger partial charge in [0.25, 0.3) is 0 Å². The van der Waals surface area contributed by atoms with Crippen LogP contribution in [0.1, 0.15) is 32.3 Å². The van der Waals surface area contributed by atoms with Crippen LogP contribution in [0.3, 0.4) is 0 Å². The van der Waals surface area contributed by atoms with E-state index in [0.29, 0.717) is 13.1 Å². The van der Waals surface area contributed by atoms with Crippen molar-refractivity contribution in [2.75, 3.05) is 31.9 Å². The summed E-state index contributed by atoms with van der Waals surface area (Å²) in [4.78, 5) is 4.95. The number of guanidine groups is 1. The second kappa shape index (κ2) is 11.5. The first-order valence-electron chi connectivity index (χ1n) is 9.07. The van der Waals surface area contributed by atoms with Gasteiger partial charge in [0.2, 0.25) is 10.0 Å². The van der Waals surface area contributed by atoms with Crippen LogP contribution in [0.25, 0.3) is 0 Å². The molecule has 1 aliphatic rings. The number of halogens is 1. The number of nitrogens with zero attached hydrogens (tertiary/aromatic N) is 1. The molecule has 6 nitrogen and oxygen atoms in total. The number of aryl methyl sites for hydroxylation is 1. The summed E-state index contributed by atoms with van der Waals surface area (Å²) in [6.45, 7) is 8.51. The van der Waals surface area contributed by atoms with Gasteiger partial charge in [-0.3, -0.25) is 4.99 Å². The zero-order chi connectivity index (χ0) is 19.0. The molecule has 0 aliphatic carbocycles. The highest BCUT2D eigenvalue weighted by Gasteiger charge is 2.29. The number of hydrogen-bond acceptors (Lipinski definition) is 4. The van der Waals surface area contributed by atoms with E-state index in [1.165, 1.54) is 18.6 Å². The molecule has 1 saturated heterocycles. The standard InChI is InChI=1S/C18H30N4O2S2.HI/c1-4-19-17(21-14-18(3)10-5-13-25-18)20-11-12-22-26(23,24)16-8-6-15(2)7-9-16;/h6-9,22H,4-5,10-14H2,1-3H3,(H2,19,20,21);1H. The molecule has 0 spiro atoms. The highest BCUT2D eigenvalue weighted by Crippen LogP contribution is 2.37. The number of nitrogens with one attached hydrogen (secondary N) is 3. The largest absolute Gasteiger partial charge is 0.357 e. The molecule has 1 atom stereocenters. The first-order chi connectivity index (χ1) is 12.3. The van der Waals surface area contributed by atoms with Gasteiger partial charge in [-0.1, -0.05) is 17.7 Å². The fourth-order valence-electron chi connectivity index (χ4n) is 2.72. The van der Waals surface area contributed by atoms with Gasteiger partial charge in [-0.15, -0.1) is 24.0 Å². The number of hydrogen-bond donors (Lipinski definition) is 3. The van der Waals surface area contributed by atoms with E-state index < -0.39 is 10.0 Å². The van der Waals surface area contributed by atoms with Crippen molar-refractivity contribution < 1.29 is 8.42 Å². The number of aliphatic imine (C=N–C) groups is 1. The highest BCUT2D eigenvalue weighted by atomic mass is 127. The summed E-state index contributed by atoms with van der Waals surface area (Å²) in [6.07, 6.45) is 2.44. The third kappa shape index (κ3) is 8.16. The second-order valence-electron chi connectivity index (χ2n) is 6.73. The van der Waals surface area contributed by atoms with Crippen LogP contribution in [0.15, 0.2) is 34.2 Å². The fourth-order valence-corrected chi connectivity index (χ4v) is 4.97. The predicted octanol–water partition coefficient (Wildman–Crippen LogP) is 2.73. The van der Waals surface area contributed by atoms with Crippen LogP contribution in [-0.4, -0.2) is 51.1 Å². The van der Waals surface area contributed by atoms with E-state index in [9.17, 15) is 8.42 Å². The minimum atomic E-state index is -3.48. The third-order valence-electron chi connectivity index (χ3n) is 4.26. The summed E-state index contributed by atoms with van der Waals surface area (Å²) < 4.78 is 27.4.